The lowest BCUT2D eigenvalue weighted by Gasteiger charge is -2.12. The van der Waals surface area contributed by atoms with E-state index in [1.165, 1.54) is 5.39 Å². The minimum Gasteiger partial charge on any atom is -0.455 e. The lowest BCUT2D eigenvalue weighted by Crippen LogP contribution is -2.01. The molecule has 0 radical (unpaired) electrons. The van der Waals surface area contributed by atoms with Crippen molar-refractivity contribution in [3.63, 3.8) is 0 Å². The van der Waals surface area contributed by atoms with Gasteiger partial charge in [-0.3, -0.25) is 0 Å². The van der Waals surface area contributed by atoms with E-state index in [2.05, 4.69) is 115 Å². The minimum atomic E-state index is 0.554. The molecule has 3 aromatic heterocycles. The van der Waals surface area contributed by atoms with Gasteiger partial charge in [0.05, 0.1) is 5.56 Å². The quantitative estimate of drug-likeness (QED) is 0.175. The van der Waals surface area contributed by atoms with Gasteiger partial charge in [0.15, 0.2) is 17.5 Å². The maximum absolute atomic E-state index is 6.47. The first-order valence-corrected chi connectivity index (χ1v) is 17.4. The summed E-state index contributed by atoms with van der Waals surface area (Å²) in [6, 6.07) is 56.3. The van der Waals surface area contributed by atoms with Crippen molar-refractivity contribution < 1.29 is 8.83 Å². The van der Waals surface area contributed by atoms with Crippen LogP contribution in [0.2, 0.25) is 0 Å². The fraction of sp³-hybridized carbons (Fsp3) is 0. The van der Waals surface area contributed by atoms with Crippen LogP contribution < -0.4 is 0 Å². The second-order valence-electron chi connectivity index (χ2n) is 13.1. The standard InChI is InChI=1S/C47H27N3O2/c1-2-12-32-28(10-1)22-25-30-11-7-18-38(42(30)32)46-48-45(49-47(50-46)39-19-9-17-37-35-14-4-6-21-41(35)52-44(37)39)31-26-23-29(24-27-31)33-15-8-16-36-34-13-3-5-20-40(34)51-43(33)36/h1-27H. The highest BCUT2D eigenvalue weighted by molar-refractivity contribution is 6.14. The summed E-state index contributed by atoms with van der Waals surface area (Å²) in [6.45, 7) is 0. The molecule has 0 spiro atoms. The van der Waals surface area contributed by atoms with Crippen molar-refractivity contribution in [3.8, 4) is 45.3 Å². The fourth-order valence-electron chi connectivity index (χ4n) is 7.69. The van der Waals surface area contributed by atoms with E-state index in [1.54, 1.807) is 0 Å². The van der Waals surface area contributed by atoms with Crippen molar-refractivity contribution >= 4 is 65.4 Å². The van der Waals surface area contributed by atoms with Gasteiger partial charge in [-0.1, -0.05) is 146 Å². The number of fused-ring (bicyclic) bond motifs is 9. The van der Waals surface area contributed by atoms with E-state index in [4.69, 9.17) is 23.8 Å². The molecule has 0 saturated heterocycles. The average molecular weight is 666 g/mol. The van der Waals surface area contributed by atoms with Crippen LogP contribution in [0.15, 0.2) is 173 Å². The van der Waals surface area contributed by atoms with E-state index in [0.29, 0.717) is 17.5 Å². The zero-order valence-corrected chi connectivity index (χ0v) is 27.7. The van der Waals surface area contributed by atoms with Crippen LogP contribution in [0.1, 0.15) is 0 Å². The Morgan fingerprint density at radius 2 is 0.788 bits per heavy atom. The first-order valence-electron chi connectivity index (χ1n) is 17.4. The Labute approximate surface area is 297 Å². The molecule has 3 heterocycles. The van der Waals surface area contributed by atoms with Gasteiger partial charge in [-0.2, -0.15) is 0 Å². The molecule has 0 saturated carbocycles. The molecule has 0 amide bonds. The highest BCUT2D eigenvalue weighted by atomic mass is 16.3. The molecule has 5 heteroatoms. The first-order chi connectivity index (χ1) is 25.8. The van der Waals surface area contributed by atoms with Crippen LogP contribution in [-0.4, -0.2) is 15.0 Å². The summed E-state index contributed by atoms with van der Waals surface area (Å²) < 4.78 is 12.8. The van der Waals surface area contributed by atoms with Gasteiger partial charge in [0.2, 0.25) is 0 Å². The molecule has 0 aliphatic rings. The molecule has 0 aliphatic heterocycles. The average Bonchev–Trinajstić information content (AvgIpc) is 3.79. The third kappa shape index (κ3) is 4.39. The summed E-state index contributed by atoms with van der Waals surface area (Å²) in [5.41, 5.74) is 8.08. The minimum absolute atomic E-state index is 0.554. The molecule has 8 aromatic carbocycles. The number of hydrogen-bond acceptors (Lipinski definition) is 5. The monoisotopic (exact) mass is 665 g/mol. The second kappa shape index (κ2) is 11.2. The largest absolute Gasteiger partial charge is 0.455 e. The van der Waals surface area contributed by atoms with Crippen molar-refractivity contribution in [3.05, 3.63) is 164 Å². The fourth-order valence-corrected chi connectivity index (χ4v) is 7.69. The van der Waals surface area contributed by atoms with Gasteiger partial charge in [-0.25, -0.2) is 15.0 Å². The smallest absolute Gasteiger partial charge is 0.167 e. The van der Waals surface area contributed by atoms with Crippen LogP contribution in [0.5, 0.6) is 0 Å². The zero-order valence-electron chi connectivity index (χ0n) is 27.7. The summed E-state index contributed by atoms with van der Waals surface area (Å²) in [7, 11) is 0. The lowest BCUT2D eigenvalue weighted by atomic mass is 9.97. The zero-order chi connectivity index (χ0) is 34.2. The van der Waals surface area contributed by atoms with Crippen LogP contribution in [-0.2, 0) is 0 Å². The molecule has 5 nitrogen and oxygen atoms in total. The van der Waals surface area contributed by atoms with Gasteiger partial charge in [-0.05, 0) is 39.9 Å². The third-order valence-electron chi connectivity index (χ3n) is 10.1. The SMILES string of the molecule is c1ccc2c(c1)ccc1cccc(-c3nc(-c4ccc(-c5cccc6c5oc5ccccc56)cc4)nc(-c4cccc5c4oc4ccccc45)n3)c12. The Morgan fingerprint density at radius 1 is 0.308 bits per heavy atom. The summed E-state index contributed by atoms with van der Waals surface area (Å²) in [5.74, 6) is 1.74. The highest BCUT2D eigenvalue weighted by Crippen LogP contribution is 2.39. The molecule has 52 heavy (non-hydrogen) atoms. The van der Waals surface area contributed by atoms with Crippen molar-refractivity contribution in [2.45, 2.75) is 0 Å². The van der Waals surface area contributed by atoms with Crippen molar-refractivity contribution in [1.29, 1.82) is 0 Å². The van der Waals surface area contributed by atoms with Gasteiger partial charge in [0.25, 0.3) is 0 Å². The van der Waals surface area contributed by atoms with E-state index in [0.717, 1.165) is 87.9 Å². The molecule has 11 rings (SSSR count). The molecule has 0 bridgehead atoms. The van der Waals surface area contributed by atoms with Crippen molar-refractivity contribution in [2.75, 3.05) is 0 Å². The van der Waals surface area contributed by atoms with Crippen LogP contribution in [0.25, 0.3) is 111 Å². The summed E-state index contributed by atoms with van der Waals surface area (Å²) in [6.07, 6.45) is 0. The van der Waals surface area contributed by atoms with Crippen LogP contribution >= 0.6 is 0 Å². The normalized spacial score (nSPS) is 11.8. The van der Waals surface area contributed by atoms with Crippen LogP contribution in [0, 0.1) is 0 Å². The third-order valence-corrected chi connectivity index (χ3v) is 10.1. The molecule has 242 valence electrons. The Balaban J connectivity index is 1.12. The predicted octanol–water partition coefficient (Wildman–Crippen LogP) is 12.6. The predicted molar refractivity (Wildman–Crippen MR) is 211 cm³/mol. The summed E-state index contributed by atoms with van der Waals surface area (Å²) >= 11 is 0. The van der Waals surface area contributed by atoms with Gasteiger partial charge in [-0.15, -0.1) is 0 Å². The number of rotatable bonds is 4. The maximum Gasteiger partial charge on any atom is 0.167 e. The lowest BCUT2D eigenvalue weighted by molar-refractivity contribution is 0.669. The number of hydrogen-bond donors (Lipinski definition) is 0. The summed E-state index contributed by atoms with van der Waals surface area (Å²) in [5, 5.41) is 8.86. The molecular formula is C47H27N3O2. The van der Waals surface area contributed by atoms with E-state index in [9.17, 15) is 0 Å². The molecule has 11 aromatic rings. The Kier molecular flexibility index (Phi) is 6.18. The second-order valence-corrected chi connectivity index (χ2v) is 13.1. The van der Waals surface area contributed by atoms with Gasteiger partial charge in [0.1, 0.15) is 22.3 Å². The maximum atomic E-state index is 6.47. The number of furan rings is 2. The number of nitrogens with zero attached hydrogens (tertiary/aromatic N) is 3. The number of aromatic nitrogens is 3. The molecular weight excluding hydrogens is 639 g/mol. The number of para-hydroxylation sites is 4. The molecule has 0 fully saturated rings. The Bertz CT molecular complexity index is 3190. The first kappa shape index (κ1) is 28.7. The van der Waals surface area contributed by atoms with Gasteiger partial charge >= 0.3 is 0 Å². The Hall–Kier alpha value is -7.11. The van der Waals surface area contributed by atoms with Crippen LogP contribution in [0.4, 0.5) is 0 Å². The Morgan fingerprint density at radius 3 is 1.52 bits per heavy atom. The number of benzene rings is 8. The molecule has 0 atom stereocenters. The van der Waals surface area contributed by atoms with Gasteiger partial charge in [0, 0.05) is 43.6 Å². The van der Waals surface area contributed by atoms with Crippen LogP contribution in [0.3, 0.4) is 0 Å². The van der Waals surface area contributed by atoms with E-state index < -0.39 is 0 Å². The molecule has 0 aliphatic carbocycles. The summed E-state index contributed by atoms with van der Waals surface area (Å²) in [4.78, 5) is 15.5. The van der Waals surface area contributed by atoms with Crippen molar-refractivity contribution in [1.82, 2.24) is 15.0 Å². The topological polar surface area (TPSA) is 65.0 Å². The van der Waals surface area contributed by atoms with Gasteiger partial charge < -0.3 is 8.83 Å². The van der Waals surface area contributed by atoms with E-state index >= 15 is 0 Å². The van der Waals surface area contributed by atoms with E-state index in [1.807, 2.05) is 48.5 Å². The highest BCUT2D eigenvalue weighted by Gasteiger charge is 2.20. The van der Waals surface area contributed by atoms with Crippen molar-refractivity contribution in [2.24, 2.45) is 0 Å². The molecule has 0 unspecified atom stereocenters. The molecule has 0 N–H and O–H groups in total. The van der Waals surface area contributed by atoms with E-state index in [-0.39, 0.29) is 0 Å².